The zero-order chi connectivity index (χ0) is 15.5. The fraction of sp³-hybridized carbons (Fsp3) is 0.133. The molecule has 21 heavy (non-hydrogen) atoms. The minimum atomic E-state index is -4.70. The van der Waals surface area contributed by atoms with Crippen molar-refractivity contribution < 1.29 is 27.8 Å². The Hall–Kier alpha value is -2.50. The predicted molar refractivity (Wildman–Crippen MR) is 69.2 cm³/mol. The van der Waals surface area contributed by atoms with Crippen LogP contribution >= 0.6 is 0 Å². The van der Waals surface area contributed by atoms with Gasteiger partial charge in [-0.15, -0.1) is 0 Å². The lowest BCUT2D eigenvalue weighted by atomic mass is 10.0. The van der Waals surface area contributed by atoms with Gasteiger partial charge in [0.25, 0.3) is 0 Å². The number of carboxylic acids is 1. The van der Waals surface area contributed by atoms with Crippen molar-refractivity contribution in [2.45, 2.75) is 12.8 Å². The highest BCUT2D eigenvalue weighted by molar-refractivity contribution is 5.89. The molecule has 2 aromatic rings. The molecule has 0 fully saturated rings. The summed E-state index contributed by atoms with van der Waals surface area (Å²) in [7, 11) is 0. The summed E-state index contributed by atoms with van der Waals surface area (Å²) < 4.78 is 43.5. The molecule has 0 aromatic heterocycles. The van der Waals surface area contributed by atoms with Gasteiger partial charge in [0.15, 0.2) is 0 Å². The molecule has 110 valence electrons. The first kappa shape index (κ1) is 14.9. The predicted octanol–water partition coefficient (Wildman–Crippen LogP) is 3.98. The quantitative estimate of drug-likeness (QED) is 0.928. The number of benzene rings is 2. The molecule has 0 atom stereocenters. The molecule has 2 rings (SSSR count). The Labute approximate surface area is 118 Å². The largest absolute Gasteiger partial charge is 0.489 e. The van der Waals surface area contributed by atoms with E-state index in [4.69, 9.17) is 9.84 Å². The van der Waals surface area contributed by atoms with Gasteiger partial charge in [-0.05, 0) is 29.8 Å². The van der Waals surface area contributed by atoms with Crippen LogP contribution in [0.15, 0.2) is 48.5 Å². The summed E-state index contributed by atoms with van der Waals surface area (Å²) in [5.41, 5.74) is -1.60. The van der Waals surface area contributed by atoms with Crippen LogP contribution in [0.2, 0.25) is 0 Å². The van der Waals surface area contributed by atoms with Crippen molar-refractivity contribution in [3.05, 3.63) is 65.2 Å². The van der Waals surface area contributed by atoms with E-state index < -0.39 is 23.3 Å². The molecule has 0 bridgehead atoms. The Balaban J connectivity index is 2.22. The first-order valence-electron chi connectivity index (χ1n) is 5.99. The van der Waals surface area contributed by atoms with Crippen molar-refractivity contribution in [2.75, 3.05) is 0 Å². The smallest absolute Gasteiger partial charge is 0.417 e. The second kappa shape index (κ2) is 5.87. The third-order valence-electron chi connectivity index (χ3n) is 2.77. The number of para-hydroxylation sites is 1. The van der Waals surface area contributed by atoms with Crippen LogP contribution in [0, 0.1) is 0 Å². The lowest BCUT2D eigenvalue weighted by Gasteiger charge is -2.12. The topological polar surface area (TPSA) is 46.5 Å². The van der Waals surface area contributed by atoms with E-state index in [1.165, 1.54) is 6.07 Å². The van der Waals surface area contributed by atoms with Crippen molar-refractivity contribution in [2.24, 2.45) is 0 Å². The van der Waals surface area contributed by atoms with Gasteiger partial charge in [-0.25, -0.2) is 4.79 Å². The van der Waals surface area contributed by atoms with E-state index in [-0.39, 0.29) is 6.61 Å². The molecule has 0 aliphatic rings. The van der Waals surface area contributed by atoms with Crippen LogP contribution < -0.4 is 4.74 Å². The molecule has 0 heterocycles. The maximum atomic E-state index is 12.7. The zero-order valence-corrected chi connectivity index (χ0v) is 10.7. The van der Waals surface area contributed by atoms with Crippen LogP contribution in [0.5, 0.6) is 5.75 Å². The number of aromatic carboxylic acids is 1. The molecule has 0 unspecified atom stereocenters. The van der Waals surface area contributed by atoms with E-state index in [0.717, 1.165) is 12.1 Å². The molecule has 0 aliphatic heterocycles. The van der Waals surface area contributed by atoms with Crippen molar-refractivity contribution in [1.29, 1.82) is 0 Å². The van der Waals surface area contributed by atoms with Crippen LogP contribution in [-0.2, 0) is 12.8 Å². The minimum Gasteiger partial charge on any atom is -0.489 e. The van der Waals surface area contributed by atoms with Crippen molar-refractivity contribution in [3.8, 4) is 5.75 Å². The molecule has 0 radical (unpaired) electrons. The van der Waals surface area contributed by atoms with Gasteiger partial charge in [0.2, 0.25) is 0 Å². The highest BCUT2D eigenvalue weighted by atomic mass is 19.4. The summed E-state index contributed by atoms with van der Waals surface area (Å²) in [6.45, 7) is -0.0115. The monoisotopic (exact) mass is 296 g/mol. The number of rotatable bonds is 4. The number of hydrogen-bond acceptors (Lipinski definition) is 2. The van der Waals surface area contributed by atoms with Gasteiger partial charge in [-0.2, -0.15) is 13.2 Å². The maximum absolute atomic E-state index is 12.7. The van der Waals surface area contributed by atoms with Crippen LogP contribution in [0.3, 0.4) is 0 Å². The third-order valence-corrected chi connectivity index (χ3v) is 2.77. The van der Waals surface area contributed by atoms with E-state index in [1.54, 1.807) is 30.3 Å². The number of carboxylic acid groups (broad SMARTS) is 1. The van der Waals surface area contributed by atoms with Crippen molar-refractivity contribution >= 4 is 5.97 Å². The number of alkyl halides is 3. The third kappa shape index (κ3) is 3.75. The lowest BCUT2D eigenvalue weighted by molar-refractivity contribution is -0.138. The second-order valence-corrected chi connectivity index (χ2v) is 4.28. The van der Waals surface area contributed by atoms with E-state index in [1.807, 2.05) is 0 Å². The minimum absolute atomic E-state index is 0.0115. The number of halogens is 3. The molecule has 2 aromatic carbocycles. The van der Waals surface area contributed by atoms with E-state index >= 15 is 0 Å². The Morgan fingerprint density at radius 2 is 1.76 bits per heavy atom. The van der Waals surface area contributed by atoms with Crippen LogP contribution in [-0.4, -0.2) is 11.1 Å². The van der Waals surface area contributed by atoms with Crippen molar-refractivity contribution in [1.82, 2.24) is 0 Å². The van der Waals surface area contributed by atoms with Gasteiger partial charge in [0.05, 0.1) is 11.1 Å². The molecule has 3 nitrogen and oxygen atoms in total. The van der Waals surface area contributed by atoms with Gasteiger partial charge in [-0.3, -0.25) is 0 Å². The summed E-state index contributed by atoms with van der Waals surface area (Å²) in [6.07, 6.45) is -4.70. The summed E-state index contributed by atoms with van der Waals surface area (Å²) in [5, 5.41) is 8.90. The fourth-order valence-corrected chi connectivity index (χ4v) is 1.79. The molecular weight excluding hydrogens is 285 g/mol. The van der Waals surface area contributed by atoms with Crippen LogP contribution in [0.4, 0.5) is 13.2 Å². The molecule has 0 aliphatic carbocycles. The average molecular weight is 296 g/mol. The fourth-order valence-electron chi connectivity index (χ4n) is 1.79. The number of ether oxygens (including phenoxy) is 1. The summed E-state index contributed by atoms with van der Waals surface area (Å²) in [5.74, 6) is -1.07. The molecular formula is C15H11F3O3. The lowest BCUT2D eigenvalue weighted by Crippen LogP contribution is -2.13. The Kier molecular flexibility index (Phi) is 4.16. The van der Waals surface area contributed by atoms with Crippen LogP contribution in [0.1, 0.15) is 21.5 Å². The van der Waals surface area contributed by atoms with Gasteiger partial charge in [-0.1, -0.05) is 24.3 Å². The maximum Gasteiger partial charge on any atom is 0.417 e. The highest BCUT2D eigenvalue weighted by Gasteiger charge is 2.35. The van der Waals surface area contributed by atoms with Crippen molar-refractivity contribution in [3.63, 3.8) is 0 Å². The first-order chi connectivity index (χ1) is 9.88. The molecule has 0 amide bonds. The average Bonchev–Trinajstić information content (AvgIpc) is 2.45. The number of carbonyl (C=O) groups is 1. The molecule has 0 spiro atoms. The van der Waals surface area contributed by atoms with E-state index in [0.29, 0.717) is 11.3 Å². The Bertz CT molecular complexity index is 636. The van der Waals surface area contributed by atoms with E-state index in [9.17, 15) is 18.0 Å². The normalized spacial score (nSPS) is 11.2. The molecule has 0 saturated heterocycles. The highest BCUT2D eigenvalue weighted by Crippen LogP contribution is 2.32. The van der Waals surface area contributed by atoms with Gasteiger partial charge < -0.3 is 9.84 Å². The standard InChI is InChI=1S/C15H11F3O3/c16-15(17,18)13-7-6-10(8-12(13)14(19)20)9-21-11-4-2-1-3-5-11/h1-8H,9H2,(H,19,20). The zero-order valence-electron chi connectivity index (χ0n) is 10.7. The van der Waals surface area contributed by atoms with E-state index in [2.05, 4.69) is 0 Å². The molecule has 6 heteroatoms. The second-order valence-electron chi connectivity index (χ2n) is 4.28. The van der Waals surface area contributed by atoms with Crippen LogP contribution in [0.25, 0.3) is 0 Å². The summed E-state index contributed by atoms with van der Waals surface area (Å²) in [4.78, 5) is 11.0. The van der Waals surface area contributed by atoms with Gasteiger partial charge in [0, 0.05) is 0 Å². The summed E-state index contributed by atoms with van der Waals surface area (Å²) >= 11 is 0. The Morgan fingerprint density at radius 3 is 2.33 bits per heavy atom. The SMILES string of the molecule is O=C(O)c1cc(COc2ccccc2)ccc1C(F)(F)F. The van der Waals surface area contributed by atoms with Gasteiger partial charge in [0.1, 0.15) is 12.4 Å². The van der Waals surface area contributed by atoms with Gasteiger partial charge >= 0.3 is 12.1 Å². The molecule has 1 N–H and O–H groups in total. The number of hydrogen-bond donors (Lipinski definition) is 1. The Morgan fingerprint density at radius 1 is 1.10 bits per heavy atom. The molecule has 0 saturated carbocycles. The first-order valence-corrected chi connectivity index (χ1v) is 5.99. The summed E-state index contributed by atoms with van der Waals surface area (Å²) in [6, 6.07) is 11.6.